The quantitative estimate of drug-likeness (QED) is 0.459. The second-order valence-electron chi connectivity index (χ2n) is 0.671. The van der Waals surface area contributed by atoms with Gasteiger partial charge in [-0.05, 0) is 6.92 Å². The highest BCUT2D eigenvalue weighted by Crippen LogP contribution is 1.65. The summed E-state index contributed by atoms with van der Waals surface area (Å²) in [7, 11) is 0. The number of hydrogen-bond donors (Lipinski definition) is 0. The molecule has 1 radical (unpaired) electrons. The first-order valence-corrected chi connectivity index (χ1v) is 1.55. The summed E-state index contributed by atoms with van der Waals surface area (Å²) in [5, 5.41) is 0. The predicted molar refractivity (Wildman–Crippen MR) is 21.6 cm³/mol. The third-order valence-electron chi connectivity index (χ3n) is 0.252. The zero-order chi connectivity index (χ0) is 4.83. The van der Waals surface area contributed by atoms with Gasteiger partial charge in [-0.3, -0.25) is 0 Å². The first-order chi connectivity index (χ1) is 2.91. The standard InChI is InChI=1S/C4H5O2/c1-2-3-6-4-5/h2-3H,1H3/b3-2+. The van der Waals surface area contributed by atoms with E-state index in [1.807, 2.05) is 0 Å². The van der Waals surface area contributed by atoms with Crippen molar-refractivity contribution < 1.29 is 9.53 Å². The predicted octanol–water partition coefficient (Wildman–Crippen LogP) is 0.604. The van der Waals surface area contributed by atoms with E-state index in [0.717, 1.165) is 0 Å². The molecule has 0 aliphatic rings. The second-order valence-corrected chi connectivity index (χ2v) is 0.671. The second kappa shape index (κ2) is 4.21. The van der Waals surface area contributed by atoms with E-state index in [1.54, 1.807) is 13.0 Å². The average molecular weight is 85.1 g/mol. The lowest BCUT2D eigenvalue weighted by Crippen LogP contribution is -1.68. The van der Waals surface area contributed by atoms with Crippen LogP contribution in [0.5, 0.6) is 0 Å². The molecular weight excluding hydrogens is 80.0 g/mol. The average Bonchev–Trinajstić information content (AvgIpc) is 1.61. The van der Waals surface area contributed by atoms with Crippen molar-refractivity contribution in [2.75, 3.05) is 0 Å². The van der Waals surface area contributed by atoms with Gasteiger partial charge in [-0.25, -0.2) is 4.79 Å². The molecule has 0 aliphatic carbocycles. The van der Waals surface area contributed by atoms with Gasteiger partial charge in [-0.15, -0.1) is 0 Å². The van der Waals surface area contributed by atoms with Crippen molar-refractivity contribution in [1.29, 1.82) is 0 Å². The van der Waals surface area contributed by atoms with Gasteiger partial charge in [0.1, 0.15) is 0 Å². The summed E-state index contributed by atoms with van der Waals surface area (Å²) >= 11 is 0. The number of ether oxygens (including phenoxy) is 1. The summed E-state index contributed by atoms with van der Waals surface area (Å²) in [5.74, 6) is 0. The first-order valence-electron chi connectivity index (χ1n) is 1.55. The van der Waals surface area contributed by atoms with Crippen molar-refractivity contribution in [1.82, 2.24) is 0 Å². The molecule has 2 heteroatoms. The molecule has 0 aromatic rings. The Labute approximate surface area is 36.4 Å². The van der Waals surface area contributed by atoms with Crippen molar-refractivity contribution in [3.63, 3.8) is 0 Å². The van der Waals surface area contributed by atoms with E-state index in [0.29, 0.717) is 0 Å². The van der Waals surface area contributed by atoms with Crippen LogP contribution in [0.3, 0.4) is 0 Å². The molecule has 0 saturated carbocycles. The van der Waals surface area contributed by atoms with Crippen molar-refractivity contribution in [3.8, 4) is 0 Å². The van der Waals surface area contributed by atoms with E-state index in [9.17, 15) is 0 Å². The molecule has 2 nitrogen and oxygen atoms in total. The lowest BCUT2D eigenvalue weighted by atomic mass is 10.7. The molecule has 0 aromatic heterocycles. The molecule has 0 saturated heterocycles. The number of rotatable bonds is 2. The smallest absolute Gasteiger partial charge is 0.422 e. The normalized spacial score (nSPS) is 8.83. The van der Waals surface area contributed by atoms with Crippen LogP contribution in [0.15, 0.2) is 12.3 Å². The molecule has 6 heavy (non-hydrogen) atoms. The summed E-state index contributed by atoms with van der Waals surface area (Å²) in [6.07, 6.45) is 2.86. The number of carbonyl (C=O) groups excluding carboxylic acids is 1. The van der Waals surface area contributed by atoms with Gasteiger partial charge in [0, 0.05) is 0 Å². The molecule has 0 amide bonds. The molecule has 0 spiro atoms. The fraction of sp³-hybridized carbons (Fsp3) is 0.250. The number of hydrogen-bond acceptors (Lipinski definition) is 2. The van der Waals surface area contributed by atoms with E-state index in [4.69, 9.17) is 4.79 Å². The first kappa shape index (κ1) is 5.21. The van der Waals surface area contributed by atoms with Crippen LogP contribution in [0.1, 0.15) is 6.92 Å². The van der Waals surface area contributed by atoms with Gasteiger partial charge in [-0.2, -0.15) is 0 Å². The van der Waals surface area contributed by atoms with Crippen LogP contribution >= 0.6 is 0 Å². The van der Waals surface area contributed by atoms with Crippen molar-refractivity contribution in [3.05, 3.63) is 12.3 Å². The highest BCUT2D eigenvalue weighted by atomic mass is 16.5. The van der Waals surface area contributed by atoms with Crippen LogP contribution in [-0.2, 0) is 9.53 Å². The van der Waals surface area contributed by atoms with Gasteiger partial charge >= 0.3 is 6.47 Å². The van der Waals surface area contributed by atoms with Crippen LogP contribution in [0.25, 0.3) is 0 Å². The molecule has 0 aliphatic heterocycles. The highest BCUT2D eigenvalue weighted by molar-refractivity contribution is 5.39. The molecule has 0 atom stereocenters. The van der Waals surface area contributed by atoms with E-state index in [2.05, 4.69) is 4.74 Å². The Morgan fingerprint density at radius 1 is 1.83 bits per heavy atom. The Bertz CT molecular complexity index is 56.6. The van der Waals surface area contributed by atoms with E-state index < -0.39 is 0 Å². The summed E-state index contributed by atoms with van der Waals surface area (Å²) < 4.78 is 4.00. The van der Waals surface area contributed by atoms with Crippen LogP contribution in [-0.4, -0.2) is 6.47 Å². The van der Waals surface area contributed by atoms with Gasteiger partial charge in [0.05, 0.1) is 6.26 Å². The minimum absolute atomic E-state index is 1.23. The minimum Gasteiger partial charge on any atom is -0.426 e. The minimum atomic E-state index is 1.23. The maximum atomic E-state index is 9.17. The van der Waals surface area contributed by atoms with Crippen molar-refractivity contribution in [2.24, 2.45) is 0 Å². The van der Waals surface area contributed by atoms with Crippen LogP contribution in [0, 0.1) is 0 Å². The summed E-state index contributed by atoms with van der Waals surface area (Å²) in [5.41, 5.74) is 0. The van der Waals surface area contributed by atoms with Gasteiger partial charge < -0.3 is 4.74 Å². The van der Waals surface area contributed by atoms with Gasteiger partial charge in [0.25, 0.3) is 0 Å². The topological polar surface area (TPSA) is 26.3 Å². The molecule has 0 N–H and O–H groups in total. The zero-order valence-electron chi connectivity index (χ0n) is 3.47. The van der Waals surface area contributed by atoms with Crippen molar-refractivity contribution >= 4 is 6.47 Å². The molecular formula is C4H5O2. The van der Waals surface area contributed by atoms with Gasteiger partial charge in [0.15, 0.2) is 0 Å². The summed E-state index contributed by atoms with van der Waals surface area (Å²) in [6, 6.07) is 0. The van der Waals surface area contributed by atoms with Gasteiger partial charge in [-0.1, -0.05) is 6.08 Å². The SMILES string of the molecule is C/C=C/O[C]=O. The maximum Gasteiger partial charge on any atom is 0.422 e. The van der Waals surface area contributed by atoms with Gasteiger partial charge in [0.2, 0.25) is 0 Å². The van der Waals surface area contributed by atoms with Crippen molar-refractivity contribution in [2.45, 2.75) is 6.92 Å². The highest BCUT2D eigenvalue weighted by Gasteiger charge is 1.61. The monoisotopic (exact) mass is 85.0 g/mol. The van der Waals surface area contributed by atoms with Crippen LogP contribution in [0.2, 0.25) is 0 Å². The van der Waals surface area contributed by atoms with E-state index in [1.165, 1.54) is 12.7 Å². The molecule has 0 bridgehead atoms. The maximum absolute atomic E-state index is 9.17. The Hall–Kier alpha value is -0.790. The molecule has 0 heterocycles. The Kier molecular flexibility index (Phi) is 3.66. The third kappa shape index (κ3) is 3.21. The van der Waals surface area contributed by atoms with E-state index >= 15 is 0 Å². The fourth-order valence-electron chi connectivity index (χ4n) is 0.0958. The van der Waals surface area contributed by atoms with Crippen LogP contribution in [0.4, 0.5) is 0 Å². The Morgan fingerprint density at radius 2 is 2.50 bits per heavy atom. The molecule has 33 valence electrons. The summed E-state index contributed by atoms with van der Waals surface area (Å²) in [6.45, 7) is 2.98. The third-order valence-corrected chi connectivity index (χ3v) is 0.252. The Balaban J connectivity index is 2.85. The van der Waals surface area contributed by atoms with Crippen LogP contribution < -0.4 is 0 Å². The summed E-state index contributed by atoms with van der Waals surface area (Å²) in [4.78, 5) is 9.17. The molecule has 0 aromatic carbocycles. The molecule has 0 unspecified atom stereocenters. The molecule has 0 fully saturated rings. The zero-order valence-corrected chi connectivity index (χ0v) is 3.47. The Morgan fingerprint density at radius 3 is 2.67 bits per heavy atom. The number of allylic oxidation sites excluding steroid dienone is 1. The molecule has 0 rings (SSSR count). The largest absolute Gasteiger partial charge is 0.426 e. The van der Waals surface area contributed by atoms with E-state index in [-0.39, 0.29) is 0 Å². The fourth-order valence-corrected chi connectivity index (χ4v) is 0.0958. The lowest BCUT2D eigenvalue weighted by Gasteiger charge is -1.72. The lowest BCUT2D eigenvalue weighted by molar-refractivity contribution is 0.397.